The van der Waals surface area contributed by atoms with Crippen molar-refractivity contribution in [3.8, 4) is 0 Å². The maximum Gasteiger partial charge on any atom is 4.00 e. The van der Waals surface area contributed by atoms with Gasteiger partial charge in [0.2, 0.25) is 0 Å². The summed E-state index contributed by atoms with van der Waals surface area (Å²) >= 11 is 0. The zero-order chi connectivity index (χ0) is 21.8. The fourth-order valence-electron chi connectivity index (χ4n) is 4.90. The minimum atomic E-state index is -2.41. The molecule has 0 aliphatic heterocycles. The van der Waals surface area contributed by atoms with Gasteiger partial charge in [-0.2, -0.15) is 17.7 Å². The summed E-state index contributed by atoms with van der Waals surface area (Å²) in [6, 6.07) is 35.0. The van der Waals surface area contributed by atoms with E-state index in [1.54, 1.807) is 0 Å². The Morgan fingerprint density at radius 3 is 1.46 bits per heavy atom. The van der Waals surface area contributed by atoms with E-state index in [0.29, 0.717) is 0 Å². The number of hydrogen-bond donors (Lipinski definition) is 0. The monoisotopic (exact) mass is 574 g/mol. The molecule has 0 saturated heterocycles. The smallest absolute Gasteiger partial charge is 1.00 e. The van der Waals surface area contributed by atoms with Gasteiger partial charge in [-0.1, -0.05) is 131 Å². The Morgan fingerprint density at radius 2 is 1.09 bits per heavy atom. The average Bonchev–Trinajstić information content (AvgIpc) is 3.22. The Bertz CT molecular complexity index is 1070. The molecule has 0 unspecified atom stereocenters. The van der Waals surface area contributed by atoms with Crippen LogP contribution >= 0.6 is 0 Å². The minimum Gasteiger partial charge on any atom is -1.00 e. The molecule has 0 fully saturated rings. The zero-order valence-electron chi connectivity index (χ0n) is 20.9. The first-order valence-electron chi connectivity index (χ1n) is 11.5. The zero-order valence-corrected chi connectivity index (χ0v) is 25.7. The van der Waals surface area contributed by atoms with Crippen LogP contribution in [0.15, 0.2) is 91.0 Å². The second-order valence-corrected chi connectivity index (χ2v) is 12.8. The second kappa shape index (κ2) is 15.2. The molecule has 0 bridgehead atoms. The number of benzene rings is 3. The van der Waals surface area contributed by atoms with E-state index in [9.17, 15) is 0 Å². The molecule has 4 aromatic rings. The van der Waals surface area contributed by atoms with Crippen molar-refractivity contribution in [2.45, 2.75) is 47.0 Å². The molecular formula is C30H33Cl3SiTi. The molecule has 0 atom stereocenters. The van der Waals surface area contributed by atoms with Crippen molar-refractivity contribution in [2.24, 2.45) is 0 Å². The van der Waals surface area contributed by atoms with Gasteiger partial charge in [0.15, 0.2) is 0 Å². The third kappa shape index (κ3) is 7.19. The number of unbranched alkanes of at least 4 members (excludes halogenated alkanes) is 1. The summed E-state index contributed by atoms with van der Waals surface area (Å²) in [6.45, 7) is 8.92. The van der Waals surface area contributed by atoms with Gasteiger partial charge in [0, 0.05) is 0 Å². The van der Waals surface area contributed by atoms with Crippen LogP contribution in [0.1, 0.15) is 42.0 Å². The first kappa shape index (κ1) is 33.8. The van der Waals surface area contributed by atoms with Crippen molar-refractivity contribution in [1.82, 2.24) is 0 Å². The molecule has 0 aromatic heterocycles. The van der Waals surface area contributed by atoms with Crippen LogP contribution in [0.2, 0.25) is 0 Å². The van der Waals surface area contributed by atoms with E-state index in [4.69, 9.17) is 0 Å². The number of hydrogen-bond acceptors (Lipinski definition) is 0. The van der Waals surface area contributed by atoms with Gasteiger partial charge in [0.1, 0.15) is 8.07 Å². The van der Waals surface area contributed by atoms with Crippen molar-refractivity contribution in [2.75, 3.05) is 0 Å². The van der Waals surface area contributed by atoms with Crippen LogP contribution in [0.5, 0.6) is 0 Å². The van der Waals surface area contributed by atoms with Crippen LogP contribution < -0.4 is 58.0 Å². The summed E-state index contributed by atoms with van der Waals surface area (Å²) in [4.78, 5) is 0. The molecule has 0 amide bonds. The van der Waals surface area contributed by atoms with Crippen molar-refractivity contribution in [3.05, 3.63) is 113 Å². The minimum absolute atomic E-state index is 0. The van der Waals surface area contributed by atoms with Gasteiger partial charge in [-0.25, -0.2) is 6.07 Å². The molecule has 182 valence electrons. The molecular weight excluding hydrogens is 543 g/mol. The van der Waals surface area contributed by atoms with E-state index in [1.165, 1.54) is 55.8 Å². The third-order valence-electron chi connectivity index (χ3n) is 6.42. The van der Waals surface area contributed by atoms with Crippen LogP contribution in [-0.2, 0) is 28.1 Å². The van der Waals surface area contributed by atoms with Gasteiger partial charge < -0.3 is 37.2 Å². The van der Waals surface area contributed by atoms with Gasteiger partial charge in [-0.3, -0.25) is 0 Å². The van der Waals surface area contributed by atoms with E-state index in [-0.39, 0.29) is 58.9 Å². The SMILES string of the molecule is CCCCc1cc[c-]([Si](c2cccc(C)c2)(c2cccc(C)c2)c2cccc(C)c2)c1.[Cl-].[Cl-].[Cl-].[Ti+4]. The number of rotatable bonds is 7. The molecule has 4 rings (SSSR count). The predicted octanol–water partition coefficient (Wildman–Crippen LogP) is -3.94. The summed E-state index contributed by atoms with van der Waals surface area (Å²) < 4.78 is 0. The maximum absolute atomic E-state index is 2.51. The first-order valence-corrected chi connectivity index (χ1v) is 13.5. The normalized spacial score (nSPS) is 10.3. The Labute approximate surface area is 246 Å². The van der Waals surface area contributed by atoms with Gasteiger partial charge in [-0.05, 0) is 20.8 Å². The fraction of sp³-hybridized carbons (Fsp3) is 0.233. The van der Waals surface area contributed by atoms with E-state index in [2.05, 4.69) is 119 Å². The summed E-state index contributed by atoms with van der Waals surface area (Å²) in [5, 5.41) is 5.91. The average molecular weight is 576 g/mol. The van der Waals surface area contributed by atoms with Gasteiger partial charge in [-0.15, -0.1) is 5.19 Å². The number of halogens is 3. The Morgan fingerprint density at radius 1 is 0.657 bits per heavy atom. The molecule has 0 heterocycles. The standard InChI is InChI=1S/C30H33Si.3ClH.Ti/c1-5-6-13-26-17-18-30(22-26)31(27-14-7-10-23(2)19-27,28-15-8-11-24(3)20-28)29-16-9-12-25(4)21-29;;;;/h7-12,14-22H,5-6,13H2,1-4H3;3*1H;/q-1;;;;+4/p-3. The molecule has 4 aromatic carbocycles. The van der Waals surface area contributed by atoms with E-state index in [0.717, 1.165) is 6.42 Å². The third-order valence-corrected chi connectivity index (χ3v) is 11.1. The summed E-state index contributed by atoms with van der Waals surface area (Å²) in [6.07, 6.45) is 3.64. The quantitative estimate of drug-likeness (QED) is 0.120. The maximum atomic E-state index is 2.51. The van der Waals surface area contributed by atoms with Crippen LogP contribution in [-0.4, -0.2) is 8.07 Å². The van der Waals surface area contributed by atoms with Crippen molar-refractivity contribution >= 4 is 28.8 Å². The Hall–Kier alpha value is -1.19. The summed E-state index contributed by atoms with van der Waals surface area (Å²) in [5.41, 5.74) is 5.45. The molecule has 0 saturated carbocycles. The van der Waals surface area contributed by atoms with Crippen molar-refractivity contribution < 1.29 is 58.9 Å². The fourth-order valence-corrected chi connectivity index (χ4v) is 10.0. The van der Waals surface area contributed by atoms with Gasteiger partial charge >= 0.3 is 21.7 Å². The van der Waals surface area contributed by atoms with Crippen molar-refractivity contribution in [1.29, 1.82) is 0 Å². The summed E-state index contributed by atoms with van der Waals surface area (Å²) in [5.74, 6) is 0. The molecule has 0 aliphatic carbocycles. The predicted molar refractivity (Wildman–Crippen MR) is 138 cm³/mol. The topological polar surface area (TPSA) is 0 Å². The van der Waals surface area contributed by atoms with Crippen LogP contribution in [0.25, 0.3) is 0 Å². The van der Waals surface area contributed by atoms with Gasteiger partial charge in [0.25, 0.3) is 0 Å². The number of aryl methyl sites for hydroxylation is 4. The Kier molecular flexibility index (Phi) is 14.6. The molecule has 0 radical (unpaired) electrons. The molecule has 0 N–H and O–H groups in total. The van der Waals surface area contributed by atoms with E-state index in [1.807, 2.05) is 0 Å². The van der Waals surface area contributed by atoms with E-state index >= 15 is 0 Å². The molecule has 0 aliphatic rings. The summed E-state index contributed by atoms with van der Waals surface area (Å²) in [7, 11) is -2.41. The van der Waals surface area contributed by atoms with E-state index < -0.39 is 8.07 Å². The molecule has 0 spiro atoms. The van der Waals surface area contributed by atoms with Crippen LogP contribution in [0.3, 0.4) is 0 Å². The van der Waals surface area contributed by atoms with Gasteiger partial charge in [0.05, 0.1) is 0 Å². The second-order valence-electron chi connectivity index (χ2n) is 8.97. The van der Waals surface area contributed by atoms with Crippen LogP contribution in [0, 0.1) is 20.8 Å². The first-order chi connectivity index (χ1) is 15.0. The van der Waals surface area contributed by atoms with Crippen molar-refractivity contribution in [3.63, 3.8) is 0 Å². The molecule has 5 heteroatoms. The largest absolute Gasteiger partial charge is 4.00 e. The molecule has 0 nitrogen and oxygen atoms in total. The molecule has 35 heavy (non-hydrogen) atoms. The van der Waals surface area contributed by atoms with Crippen LogP contribution in [0.4, 0.5) is 0 Å². The Balaban J connectivity index is 0.00000289.